The van der Waals surface area contributed by atoms with Crippen molar-refractivity contribution in [2.75, 3.05) is 13.1 Å². The summed E-state index contributed by atoms with van der Waals surface area (Å²) in [6.45, 7) is 16.0. The molecule has 0 bridgehead atoms. The highest BCUT2D eigenvalue weighted by Crippen LogP contribution is 2.65. The van der Waals surface area contributed by atoms with E-state index < -0.39 is 68.5 Å². The van der Waals surface area contributed by atoms with Crippen molar-refractivity contribution in [3.8, 4) is 0 Å². The number of nitrogens with zero attached hydrogens (tertiary/aromatic N) is 2. The molecule has 270 valence electrons. The summed E-state index contributed by atoms with van der Waals surface area (Å²) in [5.74, 6) is -2.97. The van der Waals surface area contributed by atoms with Crippen LogP contribution < -0.4 is 16.4 Å². The number of carbonyl (C=O) groups excluding carboxylic acids is 5. The van der Waals surface area contributed by atoms with E-state index in [0.717, 1.165) is 12.8 Å². The van der Waals surface area contributed by atoms with Crippen molar-refractivity contribution in [1.82, 2.24) is 19.8 Å². The van der Waals surface area contributed by atoms with E-state index in [1.54, 1.807) is 29.2 Å². The molecule has 6 atom stereocenters. The maximum absolute atomic E-state index is 14.4. The quantitative estimate of drug-likeness (QED) is 0.281. The van der Waals surface area contributed by atoms with Crippen LogP contribution in [0.15, 0.2) is 29.2 Å². The number of rotatable bonds is 12. The Kier molecular flexibility index (Phi) is 9.63. The second-order valence-corrected chi connectivity index (χ2v) is 19.3. The minimum absolute atomic E-state index is 0.0370. The highest BCUT2D eigenvalue weighted by molar-refractivity contribution is 7.89. The largest absolute Gasteiger partial charge is 0.363 e. The summed E-state index contributed by atoms with van der Waals surface area (Å²) in [7, 11) is -3.73. The molecule has 4 aliphatic rings. The number of piperidine rings is 1. The number of nitrogens with two attached hydrogens (primary N) is 1. The number of primary amides is 1. The number of hydrogen-bond acceptors (Lipinski definition) is 7. The van der Waals surface area contributed by atoms with Gasteiger partial charge in [0.1, 0.15) is 6.04 Å². The van der Waals surface area contributed by atoms with Gasteiger partial charge in [0.15, 0.2) is 5.78 Å². The summed E-state index contributed by atoms with van der Waals surface area (Å²) < 4.78 is 28.0. The molecule has 2 heterocycles. The summed E-state index contributed by atoms with van der Waals surface area (Å²) in [6, 6.07) is 3.83. The molecule has 3 fully saturated rings. The van der Waals surface area contributed by atoms with Gasteiger partial charge in [-0.3, -0.25) is 19.2 Å². The SMILES string of the molecule is CC(C)(C)[C@H](NC(=O)N[C@H](CN1Cc2ccccc2S1(=O)=O)C(C)(C)C)C(=O)N1C[C@H]2[C@@H]([C@H]1C(=O)CC(CC1CC1)C(=O)C(N)=O)C2(C)C. The normalized spacial score (nSPS) is 25.8. The van der Waals surface area contributed by atoms with Crippen molar-refractivity contribution in [2.45, 2.75) is 111 Å². The minimum atomic E-state index is -3.73. The molecule has 4 amide bonds. The zero-order chi connectivity index (χ0) is 36.4. The van der Waals surface area contributed by atoms with Gasteiger partial charge in [-0.05, 0) is 52.0 Å². The fraction of sp³-hybridized carbons (Fsp3) is 0.694. The first-order valence-electron chi connectivity index (χ1n) is 17.4. The average molecular weight is 700 g/mol. The molecule has 1 saturated heterocycles. The number of likely N-dealkylation sites (tertiary alicyclic amines) is 1. The van der Waals surface area contributed by atoms with E-state index >= 15 is 0 Å². The molecule has 12 nitrogen and oxygen atoms in total. The van der Waals surface area contributed by atoms with Crippen LogP contribution >= 0.6 is 0 Å². The van der Waals surface area contributed by atoms with Crippen LogP contribution in [-0.4, -0.2) is 78.2 Å². The van der Waals surface area contributed by atoms with Crippen LogP contribution in [0, 0.1) is 39.9 Å². The van der Waals surface area contributed by atoms with Crippen molar-refractivity contribution in [1.29, 1.82) is 0 Å². The first kappa shape index (κ1) is 36.9. The standard InChI is InChI=1S/C36H53N5O7S/c1-34(2,3)26(19-40-17-21-11-9-10-12-25(21)49(40,47)48)38-33(46)39-30(35(4,5)6)32(45)41-18-23-27(36(23,7)8)28(41)24(42)16-22(15-20-13-14-20)29(43)31(37)44/h9-12,20,22-23,26-28,30H,13-19H2,1-8H3,(H2,37,44)(H2,38,39,46)/t22?,23-,26+,27-,28+,30+/m0/s1. The van der Waals surface area contributed by atoms with Crippen LogP contribution in [0.3, 0.4) is 0 Å². The molecule has 0 spiro atoms. The number of sulfonamides is 1. The van der Waals surface area contributed by atoms with Gasteiger partial charge in [0.25, 0.3) is 5.91 Å². The highest BCUT2D eigenvalue weighted by atomic mass is 32.2. The second kappa shape index (κ2) is 12.8. The molecule has 1 aromatic carbocycles. The fourth-order valence-corrected chi connectivity index (χ4v) is 9.48. The zero-order valence-electron chi connectivity index (χ0n) is 30.0. The van der Waals surface area contributed by atoms with E-state index in [1.807, 2.05) is 41.5 Å². The highest BCUT2D eigenvalue weighted by Gasteiger charge is 2.69. The third kappa shape index (κ3) is 7.43. The summed E-state index contributed by atoms with van der Waals surface area (Å²) in [5, 5.41) is 5.84. The van der Waals surface area contributed by atoms with Gasteiger partial charge in [-0.1, -0.05) is 86.4 Å². The summed E-state index contributed by atoms with van der Waals surface area (Å²) in [5.41, 5.74) is 4.58. The first-order valence-corrected chi connectivity index (χ1v) is 18.8. The van der Waals surface area contributed by atoms with Gasteiger partial charge in [0, 0.05) is 38.0 Å². The van der Waals surface area contributed by atoms with Gasteiger partial charge < -0.3 is 21.3 Å². The molecule has 2 saturated carbocycles. The van der Waals surface area contributed by atoms with E-state index in [2.05, 4.69) is 24.5 Å². The number of amides is 4. The van der Waals surface area contributed by atoms with Gasteiger partial charge in [0.2, 0.25) is 21.7 Å². The van der Waals surface area contributed by atoms with Crippen LogP contribution in [0.25, 0.3) is 0 Å². The van der Waals surface area contributed by atoms with Crippen molar-refractivity contribution >= 4 is 39.4 Å². The van der Waals surface area contributed by atoms with Crippen LogP contribution in [0.4, 0.5) is 4.79 Å². The molecule has 1 unspecified atom stereocenters. The fourth-order valence-electron chi connectivity index (χ4n) is 7.83. The van der Waals surface area contributed by atoms with Crippen molar-refractivity contribution in [3.05, 3.63) is 29.8 Å². The Bertz CT molecular complexity index is 1640. The lowest BCUT2D eigenvalue weighted by molar-refractivity contribution is -0.144. The Morgan fingerprint density at radius 1 is 0.980 bits per heavy atom. The molecule has 4 N–H and O–H groups in total. The Morgan fingerprint density at radius 3 is 2.16 bits per heavy atom. The van der Waals surface area contributed by atoms with Crippen molar-refractivity contribution < 1.29 is 32.4 Å². The Hall–Kier alpha value is -3.32. The lowest BCUT2D eigenvalue weighted by Crippen LogP contribution is -2.61. The van der Waals surface area contributed by atoms with Gasteiger partial charge in [-0.15, -0.1) is 0 Å². The van der Waals surface area contributed by atoms with Gasteiger partial charge >= 0.3 is 6.03 Å². The molecule has 0 radical (unpaired) electrons. The van der Waals surface area contributed by atoms with E-state index in [1.165, 1.54) is 4.31 Å². The van der Waals surface area contributed by atoms with Crippen molar-refractivity contribution in [3.63, 3.8) is 0 Å². The number of ketones is 2. The third-order valence-corrected chi connectivity index (χ3v) is 13.2. The summed E-state index contributed by atoms with van der Waals surface area (Å²) in [6.07, 6.45) is 2.16. The maximum atomic E-state index is 14.4. The van der Waals surface area contributed by atoms with Crippen LogP contribution in [0.5, 0.6) is 0 Å². The maximum Gasteiger partial charge on any atom is 0.315 e. The molecule has 13 heteroatoms. The molecule has 5 rings (SSSR count). The van der Waals surface area contributed by atoms with E-state index in [0.29, 0.717) is 24.4 Å². The van der Waals surface area contributed by atoms with E-state index in [4.69, 9.17) is 5.73 Å². The Balaban J connectivity index is 1.32. The van der Waals surface area contributed by atoms with Crippen LogP contribution in [0.1, 0.15) is 86.6 Å². The third-order valence-electron chi connectivity index (χ3n) is 11.3. The summed E-state index contributed by atoms with van der Waals surface area (Å²) >= 11 is 0. The predicted molar refractivity (Wildman–Crippen MR) is 183 cm³/mol. The number of hydrogen-bond donors (Lipinski definition) is 3. The van der Waals surface area contributed by atoms with Gasteiger partial charge in [-0.25, -0.2) is 13.2 Å². The Morgan fingerprint density at radius 2 is 1.61 bits per heavy atom. The smallest absolute Gasteiger partial charge is 0.315 e. The summed E-state index contributed by atoms with van der Waals surface area (Å²) in [4.78, 5) is 68.5. The lowest BCUT2D eigenvalue weighted by atomic mass is 9.84. The van der Waals surface area contributed by atoms with Gasteiger partial charge in [-0.2, -0.15) is 4.31 Å². The number of benzene rings is 1. The van der Waals surface area contributed by atoms with Crippen LogP contribution in [-0.2, 0) is 35.7 Å². The Labute approximate surface area is 290 Å². The number of carbonyl (C=O) groups is 5. The molecule has 2 aliphatic carbocycles. The second-order valence-electron chi connectivity index (χ2n) is 17.4. The average Bonchev–Trinajstić information content (AvgIpc) is 3.80. The van der Waals surface area contributed by atoms with E-state index in [-0.39, 0.29) is 47.4 Å². The van der Waals surface area contributed by atoms with Crippen molar-refractivity contribution in [2.24, 2.45) is 45.7 Å². The molecule has 2 aliphatic heterocycles. The minimum Gasteiger partial charge on any atom is -0.363 e. The lowest BCUT2D eigenvalue weighted by Gasteiger charge is -2.39. The topological polar surface area (TPSA) is 176 Å². The number of urea groups is 1. The molecular weight excluding hydrogens is 646 g/mol. The monoisotopic (exact) mass is 699 g/mol. The number of nitrogens with one attached hydrogen (secondary N) is 2. The number of fused-ring (bicyclic) bond motifs is 2. The van der Waals surface area contributed by atoms with Gasteiger partial charge in [0.05, 0.1) is 10.9 Å². The van der Waals surface area contributed by atoms with Crippen LogP contribution in [0.2, 0.25) is 0 Å². The number of Topliss-reactive ketones (excluding diaryl/α,β-unsaturated/α-hetero) is 2. The molecular formula is C36H53N5O7S. The molecule has 1 aromatic rings. The first-order chi connectivity index (χ1) is 22.5. The molecule has 0 aromatic heterocycles. The predicted octanol–water partition coefficient (Wildman–Crippen LogP) is 3.23. The zero-order valence-corrected chi connectivity index (χ0v) is 30.9. The molecule has 49 heavy (non-hydrogen) atoms. The van der Waals surface area contributed by atoms with E-state index in [9.17, 15) is 32.4 Å².